The summed E-state index contributed by atoms with van der Waals surface area (Å²) in [6.45, 7) is 2.23. The van der Waals surface area contributed by atoms with Crippen LogP contribution in [0.5, 0.6) is 0 Å². The third kappa shape index (κ3) is 5.48. The second-order valence-electron chi connectivity index (χ2n) is 6.22. The van der Waals surface area contributed by atoms with E-state index >= 15 is 0 Å². The van der Waals surface area contributed by atoms with E-state index in [9.17, 15) is 9.59 Å². The van der Waals surface area contributed by atoms with Crippen molar-refractivity contribution in [1.29, 1.82) is 0 Å². The van der Waals surface area contributed by atoms with Crippen molar-refractivity contribution >= 4 is 39.6 Å². The third-order valence-corrected chi connectivity index (χ3v) is 5.81. The van der Waals surface area contributed by atoms with Gasteiger partial charge in [0.15, 0.2) is 5.16 Å². The summed E-state index contributed by atoms with van der Waals surface area (Å²) in [6.07, 6.45) is 3.59. The molecule has 0 spiro atoms. The molecule has 1 N–H and O–H groups in total. The lowest BCUT2D eigenvalue weighted by Gasteiger charge is -2.13. The number of carbonyl (C=O) groups excluding carboxylic acids is 2. The first-order valence-corrected chi connectivity index (χ1v) is 10.6. The molecule has 3 rings (SSSR count). The molecule has 1 amide bonds. The van der Waals surface area contributed by atoms with Crippen LogP contribution in [-0.4, -0.2) is 33.8 Å². The highest BCUT2D eigenvalue weighted by Gasteiger charge is 2.17. The maximum Gasteiger partial charge on any atom is 0.337 e. The Hall–Kier alpha value is -2.58. The zero-order valence-electron chi connectivity index (χ0n) is 16.0. The van der Waals surface area contributed by atoms with Gasteiger partial charge in [-0.05, 0) is 48.9 Å². The average molecular weight is 474 g/mol. The minimum absolute atomic E-state index is 0.0857. The van der Waals surface area contributed by atoms with Crippen LogP contribution in [0.2, 0.25) is 0 Å². The Morgan fingerprint density at radius 2 is 1.86 bits per heavy atom. The largest absolute Gasteiger partial charge is 0.465 e. The number of ether oxygens (including phenoxy) is 1. The van der Waals surface area contributed by atoms with Gasteiger partial charge in [-0.1, -0.05) is 39.8 Å². The van der Waals surface area contributed by atoms with E-state index in [2.05, 4.69) is 31.0 Å². The number of methoxy groups -OCH3 is 1. The van der Waals surface area contributed by atoms with Gasteiger partial charge < -0.3 is 10.1 Å². The molecule has 0 fully saturated rings. The number of hydrogen-bond donors (Lipinski definition) is 1. The van der Waals surface area contributed by atoms with E-state index in [1.54, 1.807) is 30.5 Å². The number of esters is 1. The van der Waals surface area contributed by atoms with E-state index in [1.165, 1.54) is 18.9 Å². The van der Waals surface area contributed by atoms with Gasteiger partial charge in [-0.25, -0.2) is 9.78 Å². The summed E-state index contributed by atoms with van der Waals surface area (Å²) < 4.78 is 7.63. The number of amides is 1. The number of nitrogens with zero attached hydrogens (tertiary/aromatic N) is 2. The van der Waals surface area contributed by atoms with Crippen LogP contribution < -0.4 is 5.32 Å². The quantitative estimate of drug-likeness (QED) is 0.410. The normalized spacial score (nSPS) is 11.7. The molecule has 0 radical (unpaired) electrons. The molecule has 0 saturated carbocycles. The van der Waals surface area contributed by atoms with Crippen LogP contribution >= 0.6 is 27.7 Å². The molecule has 1 aromatic heterocycles. The summed E-state index contributed by atoms with van der Waals surface area (Å²) in [4.78, 5) is 28.4. The van der Waals surface area contributed by atoms with E-state index in [1.807, 2.05) is 42.0 Å². The van der Waals surface area contributed by atoms with Gasteiger partial charge in [0.1, 0.15) is 0 Å². The van der Waals surface area contributed by atoms with Gasteiger partial charge in [0, 0.05) is 29.1 Å². The minimum atomic E-state index is -0.383. The molecule has 3 aromatic rings. The fourth-order valence-electron chi connectivity index (χ4n) is 2.60. The molecule has 2 aromatic carbocycles. The Morgan fingerprint density at radius 3 is 2.52 bits per heavy atom. The van der Waals surface area contributed by atoms with Crippen LogP contribution in [0.1, 0.15) is 22.8 Å². The Labute approximate surface area is 181 Å². The number of nitrogens with one attached hydrogen (secondary N) is 1. The zero-order chi connectivity index (χ0) is 20.8. The third-order valence-electron chi connectivity index (χ3n) is 4.20. The maximum atomic E-state index is 12.5. The van der Waals surface area contributed by atoms with E-state index in [0.29, 0.717) is 12.1 Å². The fraction of sp³-hybridized carbons (Fsp3) is 0.190. The number of halogens is 1. The van der Waals surface area contributed by atoms with Gasteiger partial charge in [-0.2, -0.15) is 0 Å². The molecule has 0 saturated heterocycles. The van der Waals surface area contributed by atoms with Crippen molar-refractivity contribution in [2.45, 2.75) is 23.9 Å². The molecule has 29 heavy (non-hydrogen) atoms. The van der Waals surface area contributed by atoms with Crippen molar-refractivity contribution in [1.82, 2.24) is 14.9 Å². The van der Waals surface area contributed by atoms with E-state index < -0.39 is 0 Å². The van der Waals surface area contributed by atoms with E-state index in [-0.39, 0.29) is 17.1 Å². The van der Waals surface area contributed by atoms with Gasteiger partial charge >= 0.3 is 5.97 Å². The van der Waals surface area contributed by atoms with Gasteiger partial charge in [0.05, 0.1) is 17.9 Å². The molecule has 150 valence electrons. The number of hydrogen-bond acceptors (Lipinski definition) is 5. The molecule has 0 aliphatic rings. The number of carbonyl (C=O) groups is 2. The van der Waals surface area contributed by atoms with Crippen molar-refractivity contribution in [3.8, 4) is 5.69 Å². The Morgan fingerprint density at radius 1 is 1.17 bits per heavy atom. The van der Waals surface area contributed by atoms with Crippen molar-refractivity contribution in [3.05, 3.63) is 76.5 Å². The van der Waals surface area contributed by atoms with Gasteiger partial charge in [-0.3, -0.25) is 9.36 Å². The predicted molar refractivity (Wildman–Crippen MR) is 116 cm³/mol. The highest BCUT2D eigenvalue weighted by atomic mass is 79.9. The monoisotopic (exact) mass is 473 g/mol. The summed E-state index contributed by atoms with van der Waals surface area (Å²) in [5, 5.41) is 3.35. The second-order valence-corrected chi connectivity index (χ2v) is 8.45. The first-order valence-electron chi connectivity index (χ1n) is 8.89. The molecule has 0 bridgehead atoms. The van der Waals surface area contributed by atoms with Crippen molar-refractivity contribution in [2.24, 2.45) is 0 Å². The summed E-state index contributed by atoms with van der Waals surface area (Å²) in [6, 6.07) is 14.9. The predicted octanol–water partition coefficient (Wildman–Crippen LogP) is 4.22. The molecular weight excluding hydrogens is 454 g/mol. The zero-order valence-corrected chi connectivity index (χ0v) is 18.4. The lowest BCUT2D eigenvalue weighted by molar-refractivity contribution is -0.120. The molecule has 1 unspecified atom stereocenters. The number of aromatic nitrogens is 2. The minimum Gasteiger partial charge on any atom is -0.465 e. The number of rotatable bonds is 7. The molecular formula is C21H20BrN3O3S. The molecule has 8 heteroatoms. The molecule has 6 nitrogen and oxygen atoms in total. The maximum absolute atomic E-state index is 12.5. The Bertz CT molecular complexity index is 987. The van der Waals surface area contributed by atoms with Crippen LogP contribution in [-0.2, 0) is 16.1 Å². The summed E-state index contributed by atoms with van der Waals surface area (Å²) in [7, 11) is 1.34. The summed E-state index contributed by atoms with van der Waals surface area (Å²) >= 11 is 4.83. The van der Waals surface area contributed by atoms with Crippen LogP contribution in [0.25, 0.3) is 5.69 Å². The average Bonchev–Trinajstić information content (AvgIpc) is 3.20. The van der Waals surface area contributed by atoms with Crippen LogP contribution in [0.4, 0.5) is 0 Å². The Balaban J connectivity index is 1.58. The first kappa shape index (κ1) is 21.1. The molecule has 1 heterocycles. The van der Waals surface area contributed by atoms with Crippen molar-refractivity contribution in [2.75, 3.05) is 7.11 Å². The summed E-state index contributed by atoms with van der Waals surface area (Å²) in [5.41, 5.74) is 2.36. The lowest BCUT2D eigenvalue weighted by Crippen LogP contribution is -2.30. The van der Waals surface area contributed by atoms with E-state index in [4.69, 9.17) is 0 Å². The van der Waals surface area contributed by atoms with Crippen molar-refractivity contribution in [3.63, 3.8) is 0 Å². The standard InChI is InChI=1S/C21H20BrN3O3S/c1-14(19(26)24-13-15-3-5-16(6-4-15)20(27)28-2)29-21-23-11-12-25(21)18-9-7-17(22)8-10-18/h3-12,14H,13H2,1-2H3,(H,24,26). The van der Waals surface area contributed by atoms with E-state index in [0.717, 1.165) is 20.9 Å². The number of imidazole rings is 1. The molecule has 0 aliphatic carbocycles. The van der Waals surface area contributed by atoms with Crippen LogP contribution in [0.15, 0.2) is 70.6 Å². The first-order chi connectivity index (χ1) is 14.0. The number of thioether (sulfide) groups is 1. The highest BCUT2D eigenvalue weighted by Crippen LogP contribution is 2.25. The smallest absolute Gasteiger partial charge is 0.337 e. The van der Waals surface area contributed by atoms with Gasteiger partial charge in [0.2, 0.25) is 5.91 Å². The Kier molecular flexibility index (Phi) is 7.11. The number of benzene rings is 2. The van der Waals surface area contributed by atoms with Crippen molar-refractivity contribution < 1.29 is 14.3 Å². The topological polar surface area (TPSA) is 73.2 Å². The van der Waals surface area contributed by atoms with Crippen LogP contribution in [0, 0.1) is 0 Å². The van der Waals surface area contributed by atoms with Crippen LogP contribution in [0.3, 0.4) is 0 Å². The molecule has 1 atom stereocenters. The highest BCUT2D eigenvalue weighted by molar-refractivity contribution is 9.10. The SMILES string of the molecule is COC(=O)c1ccc(CNC(=O)C(C)Sc2nccn2-c2ccc(Br)cc2)cc1. The summed E-state index contributed by atoms with van der Waals surface area (Å²) in [5.74, 6) is -0.468. The molecule has 0 aliphatic heterocycles. The fourth-order valence-corrected chi connectivity index (χ4v) is 3.77. The lowest BCUT2D eigenvalue weighted by atomic mass is 10.1. The second kappa shape index (κ2) is 9.76. The van der Waals surface area contributed by atoms with Gasteiger partial charge in [0.25, 0.3) is 0 Å². The van der Waals surface area contributed by atoms with Gasteiger partial charge in [-0.15, -0.1) is 0 Å².